The van der Waals surface area contributed by atoms with E-state index in [-0.39, 0.29) is 23.7 Å². The van der Waals surface area contributed by atoms with Crippen LogP contribution in [-0.2, 0) is 9.59 Å². The van der Waals surface area contributed by atoms with E-state index in [2.05, 4.69) is 10.6 Å². The van der Waals surface area contributed by atoms with Gasteiger partial charge < -0.3 is 10.6 Å². The van der Waals surface area contributed by atoms with E-state index in [4.69, 9.17) is 5.26 Å². The monoisotopic (exact) mass is 333 g/mol. The third kappa shape index (κ3) is 3.86. The SMILES string of the molecule is Cc1ccc(NC(=O)C2CC2C(=O)Nc2cccc(C#N)c2)cc1C. The smallest absolute Gasteiger partial charge is 0.228 e. The third-order valence-corrected chi connectivity index (χ3v) is 4.50. The van der Waals surface area contributed by atoms with Gasteiger partial charge in [0.25, 0.3) is 0 Å². The number of anilines is 2. The number of amides is 2. The molecule has 2 unspecified atom stereocenters. The van der Waals surface area contributed by atoms with E-state index in [1.54, 1.807) is 24.3 Å². The van der Waals surface area contributed by atoms with Crippen LogP contribution in [0.1, 0.15) is 23.1 Å². The number of nitrogens with zero attached hydrogens (tertiary/aromatic N) is 1. The molecule has 126 valence electrons. The van der Waals surface area contributed by atoms with Crippen LogP contribution in [0.2, 0.25) is 0 Å². The van der Waals surface area contributed by atoms with E-state index in [1.165, 1.54) is 5.56 Å². The van der Waals surface area contributed by atoms with Crippen molar-refractivity contribution in [3.05, 3.63) is 59.2 Å². The number of hydrogen-bond acceptors (Lipinski definition) is 3. The standard InChI is InChI=1S/C20H19N3O2/c1-12-6-7-16(8-13(12)2)23-20(25)18-10-17(18)19(24)22-15-5-3-4-14(9-15)11-21/h3-9,17-18H,10H2,1-2H3,(H,22,24)(H,23,25). The zero-order chi connectivity index (χ0) is 18.0. The van der Waals surface area contributed by atoms with E-state index in [0.717, 1.165) is 11.3 Å². The number of nitriles is 1. The molecule has 1 saturated carbocycles. The lowest BCUT2D eigenvalue weighted by Crippen LogP contribution is -2.20. The fraction of sp³-hybridized carbons (Fsp3) is 0.250. The van der Waals surface area contributed by atoms with Crippen molar-refractivity contribution < 1.29 is 9.59 Å². The Bertz CT molecular complexity index is 883. The van der Waals surface area contributed by atoms with Crippen LogP contribution in [0.4, 0.5) is 11.4 Å². The summed E-state index contributed by atoms with van der Waals surface area (Å²) in [6.45, 7) is 4.01. The Kier molecular flexibility index (Phi) is 4.53. The van der Waals surface area contributed by atoms with Crippen molar-refractivity contribution in [3.8, 4) is 6.07 Å². The predicted molar refractivity (Wildman–Crippen MR) is 95.9 cm³/mol. The number of hydrogen-bond donors (Lipinski definition) is 2. The first-order chi connectivity index (χ1) is 12.0. The molecule has 5 heteroatoms. The molecule has 0 heterocycles. The molecule has 2 aromatic carbocycles. The van der Waals surface area contributed by atoms with Gasteiger partial charge in [-0.2, -0.15) is 5.26 Å². The normalized spacial score (nSPS) is 18.1. The van der Waals surface area contributed by atoms with Crippen LogP contribution < -0.4 is 10.6 Å². The van der Waals surface area contributed by atoms with Gasteiger partial charge in [0.05, 0.1) is 23.5 Å². The molecule has 5 nitrogen and oxygen atoms in total. The molecule has 1 aliphatic carbocycles. The second-order valence-corrected chi connectivity index (χ2v) is 6.42. The molecule has 0 aliphatic heterocycles. The summed E-state index contributed by atoms with van der Waals surface area (Å²) in [5.41, 5.74) is 4.09. The minimum Gasteiger partial charge on any atom is -0.326 e. The van der Waals surface area contributed by atoms with Gasteiger partial charge in [0.15, 0.2) is 0 Å². The summed E-state index contributed by atoms with van der Waals surface area (Å²) in [6, 6.07) is 14.5. The molecule has 2 amide bonds. The molecule has 0 bridgehead atoms. The minimum absolute atomic E-state index is 0.130. The Labute approximate surface area is 146 Å². The fourth-order valence-electron chi connectivity index (χ4n) is 2.73. The highest BCUT2D eigenvalue weighted by molar-refractivity contribution is 6.03. The van der Waals surface area contributed by atoms with E-state index < -0.39 is 0 Å². The Hall–Kier alpha value is -3.13. The molecule has 1 aliphatic rings. The average molecular weight is 333 g/mol. The lowest BCUT2D eigenvalue weighted by atomic mass is 10.1. The van der Waals surface area contributed by atoms with Gasteiger partial charge in [-0.15, -0.1) is 0 Å². The largest absolute Gasteiger partial charge is 0.326 e. The average Bonchev–Trinajstić information content (AvgIpc) is 3.39. The summed E-state index contributed by atoms with van der Waals surface area (Å²) in [7, 11) is 0. The Balaban J connectivity index is 1.57. The molecule has 25 heavy (non-hydrogen) atoms. The molecular weight excluding hydrogens is 314 g/mol. The summed E-state index contributed by atoms with van der Waals surface area (Å²) in [5, 5.41) is 14.5. The molecule has 0 aromatic heterocycles. The van der Waals surface area contributed by atoms with Crippen LogP contribution in [0.25, 0.3) is 0 Å². The zero-order valence-corrected chi connectivity index (χ0v) is 14.2. The second-order valence-electron chi connectivity index (χ2n) is 6.42. The van der Waals surface area contributed by atoms with Crippen molar-refractivity contribution >= 4 is 23.2 Å². The van der Waals surface area contributed by atoms with Crippen LogP contribution >= 0.6 is 0 Å². The van der Waals surface area contributed by atoms with Crippen molar-refractivity contribution in [3.63, 3.8) is 0 Å². The maximum Gasteiger partial charge on any atom is 0.228 e. The van der Waals surface area contributed by atoms with Crippen molar-refractivity contribution in [1.82, 2.24) is 0 Å². The van der Waals surface area contributed by atoms with Gasteiger partial charge in [-0.25, -0.2) is 0 Å². The van der Waals surface area contributed by atoms with E-state index >= 15 is 0 Å². The highest BCUT2D eigenvalue weighted by atomic mass is 16.2. The first-order valence-corrected chi connectivity index (χ1v) is 8.17. The molecular formula is C20H19N3O2. The van der Waals surface area contributed by atoms with Crippen molar-refractivity contribution in [2.75, 3.05) is 10.6 Å². The van der Waals surface area contributed by atoms with Gasteiger partial charge in [-0.3, -0.25) is 9.59 Å². The Morgan fingerprint density at radius 1 is 0.960 bits per heavy atom. The number of carbonyl (C=O) groups is 2. The number of rotatable bonds is 4. The first kappa shape index (κ1) is 16.7. The number of aryl methyl sites for hydroxylation is 2. The van der Waals surface area contributed by atoms with Crippen LogP contribution in [0.3, 0.4) is 0 Å². The number of nitrogens with one attached hydrogen (secondary N) is 2. The zero-order valence-electron chi connectivity index (χ0n) is 14.2. The summed E-state index contributed by atoms with van der Waals surface area (Å²) in [4.78, 5) is 24.6. The molecule has 2 atom stereocenters. The minimum atomic E-state index is -0.322. The predicted octanol–water partition coefficient (Wildman–Crippen LogP) is 3.39. The lowest BCUT2D eigenvalue weighted by Gasteiger charge is -2.08. The Morgan fingerprint density at radius 2 is 1.60 bits per heavy atom. The summed E-state index contributed by atoms with van der Waals surface area (Å²) in [5.74, 6) is -0.942. The van der Waals surface area contributed by atoms with Gasteiger partial charge in [-0.05, 0) is 61.7 Å². The van der Waals surface area contributed by atoms with Crippen LogP contribution in [0.5, 0.6) is 0 Å². The van der Waals surface area contributed by atoms with Crippen molar-refractivity contribution in [1.29, 1.82) is 5.26 Å². The quantitative estimate of drug-likeness (QED) is 0.900. The third-order valence-electron chi connectivity index (χ3n) is 4.50. The van der Waals surface area contributed by atoms with E-state index in [0.29, 0.717) is 17.7 Å². The molecule has 3 rings (SSSR count). The van der Waals surface area contributed by atoms with Gasteiger partial charge in [0.1, 0.15) is 0 Å². The molecule has 0 saturated heterocycles. The van der Waals surface area contributed by atoms with Gasteiger partial charge in [0.2, 0.25) is 11.8 Å². The van der Waals surface area contributed by atoms with E-state index in [1.807, 2.05) is 38.1 Å². The van der Waals surface area contributed by atoms with Crippen LogP contribution in [-0.4, -0.2) is 11.8 Å². The van der Waals surface area contributed by atoms with Gasteiger partial charge >= 0.3 is 0 Å². The second kappa shape index (κ2) is 6.78. The molecule has 1 fully saturated rings. The van der Waals surface area contributed by atoms with Crippen LogP contribution in [0, 0.1) is 37.0 Å². The lowest BCUT2D eigenvalue weighted by molar-refractivity contribution is -0.122. The van der Waals surface area contributed by atoms with Gasteiger partial charge in [-0.1, -0.05) is 12.1 Å². The number of benzene rings is 2. The molecule has 0 spiro atoms. The van der Waals surface area contributed by atoms with Gasteiger partial charge in [0, 0.05) is 11.4 Å². The van der Waals surface area contributed by atoms with Crippen LogP contribution in [0.15, 0.2) is 42.5 Å². The highest BCUT2D eigenvalue weighted by Crippen LogP contribution is 2.40. The molecule has 0 radical (unpaired) electrons. The maximum atomic E-state index is 12.3. The maximum absolute atomic E-state index is 12.3. The molecule has 2 aromatic rings. The van der Waals surface area contributed by atoms with Crippen molar-refractivity contribution in [2.24, 2.45) is 11.8 Å². The molecule has 2 N–H and O–H groups in total. The summed E-state index contributed by atoms with van der Waals surface area (Å²) >= 11 is 0. The topological polar surface area (TPSA) is 82.0 Å². The summed E-state index contributed by atoms with van der Waals surface area (Å²) < 4.78 is 0. The van der Waals surface area contributed by atoms with E-state index in [9.17, 15) is 9.59 Å². The van der Waals surface area contributed by atoms with Crippen molar-refractivity contribution in [2.45, 2.75) is 20.3 Å². The summed E-state index contributed by atoms with van der Waals surface area (Å²) in [6.07, 6.45) is 0.542. The first-order valence-electron chi connectivity index (χ1n) is 8.17. The highest BCUT2D eigenvalue weighted by Gasteiger charge is 2.48. The Morgan fingerprint density at radius 3 is 2.20 bits per heavy atom. The number of carbonyl (C=O) groups excluding carboxylic acids is 2. The fourth-order valence-corrected chi connectivity index (χ4v) is 2.73.